The second-order valence-electron chi connectivity index (χ2n) is 13.3. The Bertz CT molecular complexity index is 1790. The lowest BCUT2D eigenvalue weighted by Gasteiger charge is -2.39. The molecule has 4 rings (SSSR count). The number of carbonyl (C=O) groups excluding carboxylic acids is 5. The number of fused-ring (bicyclic) bond motifs is 3. The third kappa shape index (κ3) is 8.86. The molecule has 51 heavy (non-hydrogen) atoms. The molecule has 0 fully saturated rings. The topological polar surface area (TPSA) is 161 Å². The maximum atomic E-state index is 14.5. The lowest BCUT2D eigenvalue weighted by atomic mass is 9.78. The van der Waals surface area contributed by atoms with Gasteiger partial charge in [-0.05, 0) is 47.9 Å². The summed E-state index contributed by atoms with van der Waals surface area (Å²) in [5, 5.41) is 8.49. The monoisotopic (exact) mass is 716 g/mol. The van der Waals surface area contributed by atoms with Gasteiger partial charge in [0.15, 0.2) is 0 Å². The van der Waals surface area contributed by atoms with Crippen LogP contribution in [0.25, 0.3) is 10.9 Å². The van der Waals surface area contributed by atoms with Gasteiger partial charge < -0.3 is 20.9 Å². The van der Waals surface area contributed by atoms with Crippen LogP contribution in [0.1, 0.15) is 76.3 Å². The predicted octanol–water partition coefficient (Wildman–Crippen LogP) is 4.14. The van der Waals surface area contributed by atoms with Gasteiger partial charge in [-0.3, -0.25) is 34.8 Å². The first kappa shape index (κ1) is 38.8. The fraction of sp³-hybridized carbons (Fsp3) is 0.472. The normalized spacial score (nSPS) is 18.1. The summed E-state index contributed by atoms with van der Waals surface area (Å²) in [7, 11) is 0. The number of alkyl halides is 3. The Morgan fingerprint density at radius 2 is 1.53 bits per heavy atom. The average Bonchev–Trinajstić information content (AvgIpc) is 3.45. The van der Waals surface area contributed by atoms with Gasteiger partial charge >= 0.3 is 6.18 Å². The third-order valence-corrected chi connectivity index (χ3v) is 9.68. The van der Waals surface area contributed by atoms with E-state index < -0.39 is 76.6 Å². The fourth-order valence-corrected chi connectivity index (χ4v) is 6.33. The van der Waals surface area contributed by atoms with E-state index in [2.05, 4.69) is 31.8 Å². The first-order valence-corrected chi connectivity index (χ1v) is 16.9. The Labute approximate surface area is 293 Å². The maximum Gasteiger partial charge on any atom is 0.418 e. The number of benzene rings is 2. The Morgan fingerprint density at radius 1 is 0.882 bits per heavy atom. The molecule has 1 aromatic heterocycles. The molecular weight excluding hydrogens is 672 g/mol. The van der Waals surface area contributed by atoms with Gasteiger partial charge in [-0.1, -0.05) is 70.9 Å². The number of H-pyrrole nitrogens is 1. The molecule has 3 aromatic rings. The summed E-state index contributed by atoms with van der Waals surface area (Å²) in [6.45, 7) is 8.23. The van der Waals surface area contributed by atoms with E-state index in [9.17, 15) is 41.5 Å². The summed E-state index contributed by atoms with van der Waals surface area (Å²) < 4.78 is 56.3. The van der Waals surface area contributed by atoms with E-state index in [0.717, 1.165) is 6.07 Å². The molecule has 0 saturated carbocycles. The number of aryl methyl sites for hydroxylation is 1. The van der Waals surface area contributed by atoms with Gasteiger partial charge in [-0.2, -0.15) is 13.2 Å². The molecule has 11 nitrogen and oxygen atoms in total. The van der Waals surface area contributed by atoms with E-state index in [1.807, 2.05) is 0 Å². The van der Waals surface area contributed by atoms with E-state index >= 15 is 0 Å². The molecule has 1 aliphatic rings. The Morgan fingerprint density at radius 3 is 2.14 bits per heavy atom. The van der Waals surface area contributed by atoms with E-state index in [1.54, 1.807) is 33.8 Å². The summed E-state index contributed by atoms with van der Waals surface area (Å²) in [6.07, 6.45) is -4.38. The van der Waals surface area contributed by atoms with Gasteiger partial charge in [0.05, 0.1) is 17.5 Å². The van der Waals surface area contributed by atoms with Crippen molar-refractivity contribution in [1.82, 2.24) is 31.8 Å². The number of hydrogen-bond donors (Lipinski definition) is 6. The lowest BCUT2D eigenvalue weighted by Crippen LogP contribution is -2.67. The average molecular weight is 717 g/mol. The van der Waals surface area contributed by atoms with E-state index in [-0.39, 0.29) is 42.1 Å². The molecular formula is C36H44F4N6O5. The summed E-state index contributed by atoms with van der Waals surface area (Å²) in [5.41, 5.74) is 2.65. The quantitative estimate of drug-likeness (QED) is 0.123. The minimum atomic E-state index is -4.66. The summed E-state index contributed by atoms with van der Waals surface area (Å²) >= 11 is 0. The molecule has 1 aliphatic carbocycles. The summed E-state index contributed by atoms with van der Waals surface area (Å²) in [5.74, 6) is -4.88. The van der Waals surface area contributed by atoms with Crippen LogP contribution in [0.4, 0.5) is 17.6 Å². The van der Waals surface area contributed by atoms with Crippen molar-refractivity contribution in [3.63, 3.8) is 0 Å². The number of hydrazine groups is 1. The van der Waals surface area contributed by atoms with Gasteiger partial charge in [-0.15, -0.1) is 0 Å². The van der Waals surface area contributed by atoms with Crippen molar-refractivity contribution in [3.8, 4) is 0 Å². The predicted molar refractivity (Wildman–Crippen MR) is 181 cm³/mol. The summed E-state index contributed by atoms with van der Waals surface area (Å²) in [4.78, 5) is 69.3. The second-order valence-corrected chi connectivity index (χ2v) is 13.3. The number of para-hydroxylation sites is 1. The molecule has 276 valence electrons. The van der Waals surface area contributed by atoms with Crippen LogP contribution >= 0.6 is 0 Å². The summed E-state index contributed by atoms with van der Waals surface area (Å²) in [6, 6.07) is 7.11. The smallest absolute Gasteiger partial charge is 0.358 e. The van der Waals surface area contributed by atoms with E-state index in [4.69, 9.17) is 0 Å². The number of hydrogen-bond acceptors (Lipinski definition) is 5. The standard InChI is InChI=1S/C36H44F4N6O5/c1-6-19(3)29(42-28(48)17-22-11-8-9-14-26(22)37)32(49)44-35(34(51)43-30(20(4)7-2)33(50)46-45-21(5)47)16-15-27-24(18-35)23-12-10-13-25(31(23)41-27)36(38,39)40/h8-14,19-20,29-30,41H,6-7,15-18H2,1-5H3,(H,42,48)(H,43,51)(H,44,49)(H,45,47)(H,46,50)/t19?,20?,29-,30-,35+/m0/s1. The largest absolute Gasteiger partial charge is 0.418 e. The number of carbonyl (C=O) groups is 5. The Balaban J connectivity index is 1.74. The molecule has 0 aliphatic heterocycles. The maximum absolute atomic E-state index is 14.5. The van der Waals surface area contributed by atoms with Crippen LogP contribution in [-0.2, 0) is 49.4 Å². The van der Waals surface area contributed by atoms with Crippen molar-refractivity contribution in [2.24, 2.45) is 11.8 Å². The highest BCUT2D eigenvalue weighted by molar-refractivity contribution is 5.99. The van der Waals surface area contributed by atoms with Gasteiger partial charge in [0, 0.05) is 24.4 Å². The molecule has 1 heterocycles. The number of halogens is 4. The Kier molecular flexibility index (Phi) is 12.1. The van der Waals surface area contributed by atoms with E-state index in [0.29, 0.717) is 24.1 Å². The van der Waals surface area contributed by atoms with Crippen molar-refractivity contribution in [2.45, 2.75) is 96.9 Å². The zero-order valence-electron chi connectivity index (χ0n) is 29.1. The van der Waals surface area contributed by atoms with Crippen molar-refractivity contribution < 1.29 is 41.5 Å². The van der Waals surface area contributed by atoms with Crippen LogP contribution in [0.5, 0.6) is 0 Å². The van der Waals surface area contributed by atoms with Crippen LogP contribution in [0.2, 0.25) is 0 Å². The molecule has 5 atom stereocenters. The highest BCUT2D eigenvalue weighted by Gasteiger charge is 2.47. The van der Waals surface area contributed by atoms with Crippen LogP contribution in [0.15, 0.2) is 42.5 Å². The lowest BCUT2D eigenvalue weighted by molar-refractivity contribution is -0.139. The molecule has 0 bridgehead atoms. The zero-order chi connectivity index (χ0) is 37.7. The number of aromatic amines is 1. The molecule has 5 amide bonds. The molecule has 15 heteroatoms. The number of aromatic nitrogens is 1. The first-order valence-electron chi connectivity index (χ1n) is 16.9. The van der Waals surface area contributed by atoms with Gasteiger partial charge in [-0.25, -0.2) is 4.39 Å². The molecule has 2 aromatic carbocycles. The molecule has 0 radical (unpaired) electrons. The highest BCUT2D eigenvalue weighted by atomic mass is 19.4. The van der Waals surface area contributed by atoms with Crippen LogP contribution in [-0.4, -0.2) is 52.1 Å². The fourth-order valence-electron chi connectivity index (χ4n) is 6.33. The minimum absolute atomic E-state index is 0.0642. The molecule has 2 unspecified atom stereocenters. The van der Waals surface area contributed by atoms with Crippen LogP contribution in [0.3, 0.4) is 0 Å². The first-order chi connectivity index (χ1) is 24.0. The van der Waals surface area contributed by atoms with Crippen molar-refractivity contribution >= 4 is 40.4 Å². The number of nitrogens with one attached hydrogen (secondary N) is 6. The SMILES string of the molecule is CCC(C)[C@H](NC(=O)Cc1ccccc1F)C(=O)N[C@]1(C(=O)N[C@H](C(=O)NNC(C)=O)C(C)CC)CCc2[nH]c3c(C(F)(F)F)cccc3c2C1. The Hall–Kier alpha value is -4.95. The number of amides is 5. The van der Waals surface area contributed by atoms with Gasteiger partial charge in [0.25, 0.3) is 5.91 Å². The zero-order valence-corrected chi connectivity index (χ0v) is 29.1. The molecule has 6 N–H and O–H groups in total. The van der Waals surface area contributed by atoms with Gasteiger partial charge in [0.2, 0.25) is 23.6 Å². The van der Waals surface area contributed by atoms with Crippen LogP contribution < -0.4 is 26.8 Å². The third-order valence-electron chi connectivity index (χ3n) is 9.68. The van der Waals surface area contributed by atoms with Crippen LogP contribution in [0, 0.1) is 17.7 Å². The van der Waals surface area contributed by atoms with E-state index in [1.165, 1.54) is 37.3 Å². The minimum Gasteiger partial charge on any atom is -0.358 e. The van der Waals surface area contributed by atoms with Crippen molar-refractivity contribution in [2.75, 3.05) is 0 Å². The molecule has 0 spiro atoms. The number of rotatable bonds is 12. The van der Waals surface area contributed by atoms with Crippen molar-refractivity contribution in [1.29, 1.82) is 0 Å². The van der Waals surface area contributed by atoms with Crippen molar-refractivity contribution in [3.05, 3.63) is 70.7 Å². The highest BCUT2D eigenvalue weighted by Crippen LogP contribution is 2.40. The second kappa shape index (κ2) is 15.9. The van der Waals surface area contributed by atoms with Gasteiger partial charge in [0.1, 0.15) is 23.4 Å². The molecule has 0 saturated heterocycles.